The Hall–Kier alpha value is -2.15. The summed E-state index contributed by atoms with van der Waals surface area (Å²) in [6, 6.07) is 7.23. The molecule has 0 unspecified atom stereocenters. The first kappa shape index (κ1) is 19.8. The van der Waals surface area contributed by atoms with Crippen molar-refractivity contribution in [2.75, 3.05) is 57.3 Å². The summed E-state index contributed by atoms with van der Waals surface area (Å²) in [7, 11) is 0. The maximum Gasteiger partial charge on any atom is 0.236 e. The van der Waals surface area contributed by atoms with Crippen molar-refractivity contribution in [2.24, 2.45) is 11.8 Å². The van der Waals surface area contributed by atoms with E-state index in [1.165, 1.54) is 12.5 Å². The van der Waals surface area contributed by atoms with Gasteiger partial charge in [-0.1, -0.05) is 12.1 Å². The SMILES string of the molecule is O=C(CN1C[C@H]2C[C@H](C1)[C@H]1CCCC(=O)N1C2)N1CCN(c2ccccc2F)CC1. The third-order valence-electron chi connectivity index (χ3n) is 7.44. The molecule has 4 saturated heterocycles. The van der Waals surface area contributed by atoms with Gasteiger partial charge in [0.1, 0.15) is 5.82 Å². The highest BCUT2D eigenvalue weighted by Crippen LogP contribution is 2.37. The van der Waals surface area contributed by atoms with Crippen LogP contribution in [-0.2, 0) is 9.59 Å². The Labute approximate surface area is 177 Å². The van der Waals surface area contributed by atoms with Gasteiger partial charge in [-0.15, -0.1) is 0 Å². The van der Waals surface area contributed by atoms with Gasteiger partial charge in [-0.2, -0.15) is 0 Å². The number of hydrogen-bond donors (Lipinski definition) is 0. The first-order valence-corrected chi connectivity index (χ1v) is 11.4. The molecule has 7 heteroatoms. The lowest BCUT2D eigenvalue weighted by atomic mass is 9.76. The summed E-state index contributed by atoms with van der Waals surface area (Å²) >= 11 is 0. The number of para-hydroxylation sites is 1. The molecule has 0 aliphatic carbocycles. The summed E-state index contributed by atoms with van der Waals surface area (Å²) in [5.41, 5.74) is 0.625. The van der Waals surface area contributed by atoms with E-state index in [4.69, 9.17) is 0 Å². The molecule has 4 aliphatic heterocycles. The first-order chi connectivity index (χ1) is 14.6. The second-order valence-electron chi connectivity index (χ2n) is 9.38. The number of anilines is 1. The van der Waals surface area contributed by atoms with Gasteiger partial charge in [-0.05, 0) is 43.2 Å². The Balaban J connectivity index is 1.15. The van der Waals surface area contributed by atoms with Crippen LogP contribution in [0.25, 0.3) is 0 Å². The molecule has 5 rings (SSSR count). The van der Waals surface area contributed by atoms with Crippen LogP contribution < -0.4 is 4.90 Å². The molecule has 3 atom stereocenters. The van der Waals surface area contributed by atoms with E-state index in [0.717, 1.165) is 32.5 Å². The molecule has 6 nitrogen and oxygen atoms in total. The van der Waals surface area contributed by atoms with Gasteiger partial charge in [-0.3, -0.25) is 14.5 Å². The molecule has 0 radical (unpaired) electrons. The lowest BCUT2D eigenvalue weighted by molar-refractivity contribution is -0.146. The third kappa shape index (κ3) is 3.80. The number of nitrogens with zero attached hydrogens (tertiary/aromatic N) is 4. The van der Waals surface area contributed by atoms with E-state index in [1.54, 1.807) is 12.1 Å². The highest BCUT2D eigenvalue weighted by atomic mass is 19.1. The molecule has 30 heavy (non-hydrogen) atoms. The minimum atomic E-state index is -0.202. The van der Waals surface area contributed by atoms with E-state index in [9.17, 15) is 14.0 Å². The van der Waals surface area contributed by atoms with Crippen LogP contribution in [-0.4, -0.2) is 84.9 Å². The van der Waals surface area contributed by atoms with Crippen molar-refractivity contribution in [3.8, 4) is 0 Å². The van der Waals surface area contributed by atoms with Crippen LogP contribution in [0.2, 0.25) is 0 Å². The molecule has 4 aliphatic rings. The Morgan fingerprint density at radius 3 is 2.67 bits per heavy atom. The standard InChI is InChI=1S/C23H31FN4O2/c24-19-4-1-2-5-21(19)26-8-10-27(11-9-26)23(30)16-25-13-17-12-18(15-25)20-6-3-7-22(29)28(20)14-17/h1-2,4-5,17-18,20H,3,6-16H2/t17-,18-,20-/m1/s1. The number of likely N-dealkylation sites (tertiary alicyclic amines) is 1. The molecule has 0 spiro atoms. The minimum Gasteiger partial charge on any atom is -0.366 e. The van der Waals surface area contributed by atoms with Crippen molar-refractivity contribution in [1.82, 2.24) is 14.7 Å². The zero-order chi connectivity index (χ0) is 20.7. The molecule has 1 aromatic rings. The second-order valence-corrected chi connectivity index (χ2v) is 9.38. The molecular formula is C23H31FN4O2. The average molecular weight is 415 g/mol. The molecular weight excluding hydrogens is 383 g/mol. The highest BCUT2D eigenvalue weighted by molar-refractivity contribution is 5.79. The van der Waals surface area contributed by atoms with Gasteiger partial charge >= 0.3 is 0 Å². The largest absolute Gasteiger partial charge is 0.366 e. The van der Waals surface area contributed by atoms with Gasteiger partial charge in [0, 0.05) is 58.3 Å². The number of fused-ring (bicyclic) bond motifs is 4. The molecule has 0 N–H and O–H groups in total. The average Bonchev–Trinajstić information content (AvgIpc) is 2.75. The second kappa shape index (κ2) is 8.17. The number of amides is 2. The van der Waals surface area contributed by atoms with Crippen molar-refractivity contribution in [2.45, 2.75) is 31.7 Å². The number of piperazine rings is 1. The van der Waals surface area contributed by atoms with E-state index in [-0.39, 0.29) is 11.7 Å². The Kier molecular flexibility index (Phi) is 5.39. The Morgan fingerprint density at radius 2 is 1.87 bits per heavy atom. The summed E-state index contributed by atoms with van der Waals surface area (Å²) in [5.74, 6) is 1.31. The number of rotatable bonds is 3. The smallest absolute Gasteiger partial charge is 0.236 e. The molecule has 1 aromatic carbocycles. The quantitative estimate of drug-likeness (QED) is 0.757. The monoisotopic (exact) mass is 414 g/mol. The van der Waals surface area contributed by atoms with Crippen LogP contribution in [0.1, 0.15) is 25.7 Å². The van der Waals surface area contributed by atoms with Crippen LogP contribution >= 0.6 is 0 Å². The summed E-state index contributed by atoms with van der Waals surface area (Å²) in [4.78, 5) is 33.7. The normalized spacial score (nSPS) is 29.7. The van der Waals surface area contributed by atoms with E-state index < -0.39 is 0 Å². The van der Waals surface area contributed by atoms with Gasteiger partial charge in [0.15, 0.2) is 0 Å². The summed E-state index contributed by atoms with van der Waals surface area (Å²) in [6.45, 7) is 5.77. The lowest BCUT2D eigenvalue weighted by Crippen LogP contribution is -2.61. The van der Waals surface area contributed by atoms with E-state index in [0.29, 0.717) is 68.6 Å². The van der Waals surface area contributed by atoms with E-state index in [1.807, 2.05) is 15.9 Å². The topological polar surface area (TPSA) is 47.1 Å². The van der Waals surface area contributed by atoms with Crippen molar-refractivity contribution in [1.29, 1.82) is 0 Å². The van der Waals surface area contributed by atoms with Crippen LogP contribution in [0, 0.1) is 17.7 Å². The van der Waals surface area contributed by atoms with Crippen LogP contribution in [0.5, 0.6) is 0 Å². The first-order valence-electron chi connectivity index (χ1n) is 11.4. The highest BCUT2D eigenvalue weighted by Gasteiger charge is 2.44. The van der Waals surface area contributed by atoms with Gasteiger partial charge in [0.25, 0.3) is 0 Å². The number of carbonyl (C=O) groups excluding carboxylic acids is 2. The summed E-state index contributed by atoms with van der Waals surface area (Å²) in [5, 5.41) is 0. The number of carbonyl (C=O) groups is 2. The van der Waals surface area contributed by atoms with Crippen LogP contribution in [0.15, 0.2) is 24.3 Å². The predicted octanol–water partition coefficient (Wildman–Crippen LogP) is 1.81. The summed E-state index contributed by atoms with van der Waals surface area (Å²) < 4.78 is 14.0. The Morgan fingerprint density at radius 1 is 1.07 bits per heavy atom. The number of piperidine rings is 3. The van der Waals surface area contributed by atoms with Crippen molar-refractivity contribution >= 4 is 17.5 Å². The predicted molar refractivity (Wildman–Crippen MR) is 113 cm³/mol. The Bertz CT molecular complexity index is 810. The van der Waals surface area contributed by atoms with Crippen molar-refractivity contribution in [3.63, 3.8) is 0 Å². The number of halogens is 1. The number of hydrogen-bond acceptors (Lipinski definition) is 4. The van der Waals surface area contributed by atoms with Crippen LogP contribution in [0.3, 0.4) is 0 Å². The lowest BCUT2D eigenvalue weighted by Gasteiger charge is -2.52. The molecule has 4 heterocycles. The maximum atomic E-state index is 14.0. The van der Waals surface area contributed by atoms with Crippen molar-refractivity contribution in [3.05, 3.63) is 30.1 Å². The third-order valence-corrected chi connectivity index (χ3v) is 7.44. The number of benzene rings is 1. The fraction of sp³-hybridized carbons (Fsp3) is 0.652. The fourth-order valence-electron chi connectivity index (χ4n) is 6.04. The molecule has 2 bridgehead atoms. The van der Waals surface area contributed by atoms with Gasteiger partial charge < -0.3 is 14.7 Å². The van der Waals surface area contributed by atoms with Gasteiger partial charge in [0.05, 0.1) is 12.2 Å². The molecule has 0 aromatic heterocycles. The zero-order valence-corrected chi connectivity index (χ0v) is 17.5. The molecule has 2 amide bonds. The van der Waals surface area contributed by atoms with Crippen LogP contribution in [0.4, 0.5) is 10.1 Å². The van der Waals surface area contributed by atoms with E-state index in [2.05, 4.69) is 9.80 Å². The van der Waals surface area contributed by atoms with Gasteiger partial charge in [-0.25, -0.2) is 4.39 Å². The van der Waals surface area contributed by atoms with Crippen molar-refractivity contribution < 1.29 is 14.0 Å². The molecule has 4 fully saturated rings. The minimum absolute atomic E-state index is 0.180. The molecule has 0 saturated carbocycles. The fourth-order valence-corrected chi connectivity index (χ4v) is 6.04. The van der Waals surface area contributed by atoms with E-state index >= 15 is 0 Å². The van der Waals surface area contributed by atoms with Gasteiger partial charge in [0.2, 0.25) is 11.8 Å². The maximum absolute atomic E-state index is 14.0. The molecule has 162 valence electrons. The zero-order valence-electron chi connectivity index (χ0n) is 17.5. The summed E-state index contributed by atoms with van der Waals surface area (Å²) in [6.07, 6.45) is 4.02.